The fourth-order valence-corrected chi connectivity index (χ4v) is 2.97. The van der Waals surface area contributed by atoms with E-state index in [1.54, 1.807) is 6.20 Å². The zero-order valence-electron chi connectivity index (χ0n) is 6.06. The second kappa shape index (κ2) is 1.56. The van der Waals surface area contributed by atoms with Crippen LogP contribution < -0.4 is 0 Å². The minimum atomic E-state index is -2.96. The minimum absolute atomic E-state index is 0.480. The molecule has 0 saturated heterocycles. The van der Waals surface area contributed by atoms with Crippen molar-refractivity contribution in [2.75, 3.05) is 0 Å². The lowest BCUT2D eigenvalue weighted by Gasteiger charge is -1.92. The van der Waals surface area contributed by atoms with Crippen molar-refractivity contribution in [1.82, 2.24) is 4.40 Å². The monoisotopic (exact) mass is 179 g/mol. The lowest BCUT2D eigenvalue weighted by atomic mass is 10.4. The topological polar surface area (TPSA) is 38.5 Å². The van der Waals surface area contributed by atoms with Crippen molar-refractivity contribution in [3.05, 3.63) is 30.6 Å². The fourth-order valence-electron chi connectivity index (χ4n) is 1.49. The first-order chi connectivity index (χ1) is 5.71. The molecule has 0 spiro atoms. The molecule has 0 atom stereocenters. The van der Waals surface area contributed by atoms with Gasteiger partial charge in [0, 0.05) is 12.4 Å². The number of hydrogen-bond donors (Lipinski definition) is 0. The Labute approximate surface area is 69.2 Å². The molecule has 0 aromatic carbocycles. The number of aromatic nitrogens is 1. The maximum atomic E-state index is 11.1. The van der Waals surface area contributed by atoms with E-state index in [9.17, 15) is 8.42 Å². The van der Waals surface area contributed by atoms with Gasteiger partial charge < -0.3 is 4.40 Å². The van der Waals surface area contributed by atoms with Crippen LogP contribution in [0.4, 0.5) is 0 Å². The molecule has 60 valence electrons. The van der Waals surface area contributed by atoms with E-state index in [1.807, 2.05) is 28.8 Å². The molecule has 4 heteroatoms. The van der Waals surface area contributed by atoms with Crippen molar-refractivity contribution >= 4 is 15.4 Å². The smallest absolute Gasteiger partial charge is 0.212 e. The summed E-state index contributed by atoms with van der Waals surface area (Å²) >= 11 is 0. The van der Waals surface area contributed by atoms with E-state index in [0.29, 0.717) is 9.79 Å². The van der Waals surface area contributed by atoms with Gasteiger partial charge in [-0.2, -0.15) is 0 Å². The second-order valence-corrected chi connectivity index (χ2v) is 4.67. The van der Waals surface area contributed by atoms with Gasteiger partial charge in [-0.1, -0.05) is 6.07 Å². The maximum Gasteiger partial charge on any atom is 0.212 e. The van der Waals surface area contributed by atoms with Gasteiger partial charge in [-0.3, -0.25) is 0 Å². The van der Waals surface area contributed by atoms with Crippen LogP contribution in [0.5, 0.6) is 0 Å². The molecule has 0 radical (unpaired) electrons. The Kier molecular flexibility index (Phi) is 0.814. The highest BCUT2D eigenvalue weighted by atomic mass is 32.2. The Morgan fingerprint density at radius 3 is 2.92 bits per heavy atom. The van der Waals surface area contributed by atoms with Gasteiger partial charge in [-0.05, 0) is 12.1 Å². The van der Waals surface area contributed by atoms with E-state index in [4.69, 9.17) is 0 Å². The number of nitrogens with zero attached hydrogens (tertiary/aromatic N) is 1. The molecule has 3 rings (SSSR count). The van der Waals surface area contributed by atoms with E-state index in [1.165, 1.54) is 0 Å². The number of pyridine rings is 1. The van der Waals surface area contributed by atoms with Gasteiger partial charge in [0.2, 0.25) is 9.84 Å². The zero-order valence-corrected chi connectivity index (χ0v) is 6.88. The Morgan fingerprint density at radius 1 is 1.25 bits per heavy atom. The zero-order chi connectivity index (χ0) is 8.34. The number of fused-ring (bicyclic) bond motifs is 3. The van der Waals surface area contributed by atoms with Gasteiger partial charge in [0.25, 0.3) is 0 Å². The first kappa shape index (κ1) is 6.25. The molecule has 0 amide bonds. The molecule has 0 unspecified atom stereocenters. The lowest BCUT2D eigenvalue weighted by molar-refractivity contribution is 0.611. The molecule has 0 saturated carbocycles. The molecule has 0 aliphatic carbocycles. The molecule has 3 nitrogen and oxygen atoms in total. The van der Waals surface area contributed by atoms with Crippen molar-refractivity contribution in [1.29, 1.82) is 0 Å². The third-order valence-electron chi connectivity index (χ3n) is 2.12. The average molecular weight is 179 g/mol. The summed E-state index contributed by atoms with van der Waals surface area (Å²) in [6.07, 6.45) is 3.50. The summed E-state index contributed by atoms with van der Waals surface area (Å²) in [6, 6.07) is 5.52. The molecule has 3 heterocycles. The Morgan fingerprint density at radius 2 is 2.08 bits per heavy atom. The summed E-state index contributed by atoms with van der Waals surface area (Å²) in [4.78, 5) is 0.983. The molecule has 2 aromatic heterocycles. The lowest BCUT2D eigenvalue weighted by Crippen LogP contribution is -1.85. The van der Waals surface area contributed by atoms with Gasteiger partial charge in [0.05, 0.1) is 5.52 Å². The van der Waals surface area contributed by atoms with Crippen LogP contribution in [-0.2, 0) is 9.84 Å². The van der Waals surface area contributed by atoms with Crippen LogP contribution >= 0.6 is 0 Å². The van der Waals surface area contributed by atoms with Crippen LogP contribution in [0, 0.1) is 0 Å². The summed E-state index contributed by atoms with van der Waals surface area (Å²) in [5.74, 6) is 0. The van der Waals surface area contributed by atoms with Crippen LogP contribution in [0.1, 0.15) is 0 Å². The predicted octanol–water partition coefficient (Wildman–Crippen LogP) is 1.09. The fraction of sp³-hybridized carbons (Fsp3) is 0. The molecule has 12 heavy (non-hydrogen) atoms. The summed E-state index contributed by atoms with van der Waals surface area (Å²) < 4.78 is 24.1. The molecule has 0 N–H and O–H groups in total. The Hall–Kier alpha value is -1.29. The quantitative estimate of drug-likeness (QED) is 0.484. The van der Waals surface area contributed by atoms with Gasteiger partial charge in [-0.25, -0.2) is 8.42 Å². The summed E-state index contributed by atoms with van der Waals surface area (Å²) in [7, 11) is -2.96. The number of hydrogen-bond acceptors (Lipinski definition) is 2. The maximum absolute atomic E-state index is 11.1. The number of rotatable bonds is 0. The highest BCUT2D eigenvalue weighted by Crippen LogP contribution is 2.44. The van der Waals surface area contributed by atoms with Gasteiger partial charge in [0.15, 0.2) is 0 Å². The molecular weight excluding hydrogens is 174 g/mol. The van der Waals surface area contributed by atoms with Crippen LogP contribution in [-0.4, -0.2) is 12.8 Å². The van der Waals surface area contributed by atoms with E-state index >= 15 is 0 Å². The van der Waals surface area contributed by atoms with Crippen molar-refractivity contribution in [3.8, 4) is 0 Å². The van der Waals surface area contributed by atoms with Crippen LogP contribution in [0.3, 0.4) is 0 Å². The largest absolute Gasteiger partial charge is 0.321 e. The minimum Gasteiger partial charge on any atom is -0.321 e. The number of sulfone groups is 1. The van der Waals surface area contributed by atoms with Gasteiger partial charge in [-0.15, -0.1) is 0 Å². The molecular formula is C8H5NO2S. The van der Waals surface area contributed by atoms with Crippen molar-refractivity contribution < 1.29 is 8.42 Å². The van der Waals surface area contributed by atoms with Gasteiger partial charge in [0.1, 0.15) is 9.79 Å². The Balaban J connectivity index is 2.57. The van der Waals surface area contributed by atoms with E-state index in [0.717, 1.165) is 5.52 Å². The van der Waals surface area contributed by atoms with Crippen molar-refractivity contribution in [2.45, 2.75) is 9.79 Å². The molecule has 2 aromatic rings. The highest BCUT2D eigenvalue weighted by Gasteiger charge is 2.43. The summed E-state index contributed by atoms with van der Waals surface area (Å²) in [6.45, 7) is 0. The third-order valence-corrected chi connectivity index (χ3v) is 3.77. The molecule has 0 bridgehead atoms. The molecule has 1 aliphatic heterocycles. The van der Waals surface area contributed by atoms with Crippen molar-refractivity contribution in [3.63, 3.8) is 0 Å². The normalized spacial score (nSPS) is 17.7. The van der Waals surface area contributed by atoms with E-state index in [-0.39, 0.29) is 0 Å². The SMILES string of the molecule is O=S1(=O)c2cn3ccccc3c21. The highest BCUT2D eigenvalue weighted by molar-refractivity contribution is 7.97. The van der Waals surface area contributed by atoms with E-state index < -0.39 is 9.84 Å². The third kappa shape index (κ3) is 0.515. The van der Waals surface area contributed by atoms with Gasteiger partial charge >= 0.3 is 0 Å². The Bertz CT molecular complexity index is 580. The van der Waals surface area contributed by atoms with Crippen LogP contribution in [0.25, 0.3) is 5.52 Å². The molecule has 1 aliphatic rings. The van der Waals surface area contributed by atoms with Crippen LogP contribution in [0.15, 0.2) is 40.4 Å². The van der Waals surface area contributed by atoms with Crippen molar-refractivity contribution in [2.24, 2.45) is 0 Å². The second-order valence-electron chi connectivity index (χ2n) is 2.82. The standard InChI is InChI=1S/C8H5NO2S/c10-12(11)7-5-9-4-2-1-3-6(9)8(7)12/h1-5H. The summed E-state index contributed by atoms with van der Waals surface area (Å²) in [5.41, 5.74) is 0.785. The van der Waals surface area contributed by atoms with Crippen LogP contribution in [0.2, 0.25) is 0 Å². The average Bonchev–Trinajstić information content (AvgIpc) is 2.46. The van der Waals surface area contributed by atoms with E-state index in [2.05, 4.69) is 0 Å². The predicted molar refractivity (Wildman–Crippen MR) is 42.8 cm³/mol. The first-order valence-corrected chi connectivity index (χ1v) is 5.04. The molecule has 0 fully saturated rings. The first-order valence-electron chi connectivity index (χ1n) is 3.56. The summed E-state index contributed by atoms with van der Waals surface area (Å²) in [5, 5.41) is 0.